The highest BCUT2D eigenvalue weighted by Crippen LogP contribution is 2.24. The molecule has 2 fully saturated rings. The van der Waals surface area contributed by atoms with Gasteiger partial charge in [-0.3, -0.25) is 9.59 Å². The molecule has 1 saturated carbocycles. The number of nitrogens with one attached hydrogen (secondary N) is 2. The zero-order valence-electron chi connectivity index (χ0n) is 10.7. The molecule has 3 atom stereocenters. The van der Waals surface area contributed by atoms with E-state index < -0.39 is 5.97 Å². The molecule has 1 amide bonds. The Kier molecular flexibility index (Phi) is 4.58. The minimum absolute atomic E-state index is 0.0498. The molecule has 1 saturated heterocycles. The zero-order valence-corrected chi connectivity index (χ0v) is 10.7. The van der Waals surface area contributed by atoms with E-state index in [0.717, 1.165) is 38.6 Å². The standard InChI is InChI=1S/C13H22N2O3/c16-12(8-10-5-2-6-14-10)15-11-4-1-3-9(7-11)13(17)18/h9-11,14H,1-8H2,(H,15,16)(H,17,18). The Balaban J connectivity index is 1.74. The van der Waals surface area contributed by atoms with Crippen LogP contribution in [0.3, 0.4) is 0 Å². The minimum atomic E-state index is -0.730. The number of amides is 1. The number of carboxylic acids is 1. The van der Waals surface area contributed by atoms with E-state index in [2.05, 4.69) is 10.6 Å². The van der Waals surface area contributed by atoms with Gasteiger partial charge in [0.25, 0.3) is 0 Å². The highest BCUT2D eigenvalue weighted by molar-refractivity contribution is 5.77. The first-order chi connectivity index (χ1) is 8.65. The molecule has 0 spiro atoms. The monoisotopic (exact) mass is 254 g/mol. The zero-order chi connectivity index (χ0) is 13.0. The average Bonchev–Trinajstić information content (AvgIpc) is 2.82. The Bertz CT molecular complexity index is 313. The minimum Gasteiger partial charge on any atom is -0.481 e. The predicted molar refractivity (Wildman–Crippen MR) is 67.2 cm³/mol. The topological polar surface area (TPSA) is 78.4 Å². The fourth-order valence-corrected chi connectivity index (χ4v) is 2.99. The van der Waals surface area contributed by atoms with E-state index in [9.17, 15) is 9.59 Å². The van der Waals surface area contributed by atoms with Crippen LogP contribution < -0.4 is 10.6 Å². The third-order valence-electron chi connectivity index (χ3n) is 3.98. The summed E-state index contributed by atoms with van der Waals surface area (Å²) in [6.07, 6.45) is 5.86. The van der Waals surface area contributed by atoms with Crippen molar-refractivity contribution >= 4 is 11.9 Å². The number of carboxylic acid groups (broad SMARTS) is 1. The molecule has 1 aliphatic heterocycles. The lowest BCUT2D eigenvalue weighted by atomic mass is 9.85. The molecule has 0 bridgehead atoms. The first kappa shape index (κ1) is 13.3. The van der Waals surface area contributed by atoms with Gasteiger partial charge < -0.3 is 15.7 Å². The van der Waals surface area contributed by atoms with Gasteiger partial charge >= 0.3 is 5.97 Å². The molecule has 5 nitrogen and oxygen atoms in total. The van der Waals surface area contributed by atoms with Gasteiger partial charge in [-0.2, -0.15) is 0 Å². The lowest BCUT2D eigenvalue weighted by Crippen LogP contribution is -2.41. The van der Waals surface area contributed by atoms with Crippen LogP contribution in [0, 0.1) is 5.92 Å². The molecule has 1 heterocycles. The van der Waals surface area contributed by atoms with Crippen molar-refractivity contribution in [2.24, 2.45) is 5.92 Å². The van der Waals surface area contributed by atoms with Crippen LogP contribution in [0.5, 0.6) is 0 Å². The molecule has 3 N–H and O–H groups in total. The molecular formula is C13H22N2O3. The Morgan fingerprint density at radius 2 is 2.06 bits per heavy atom. The lowest BCUT2D eigenvalue weighted by Gasteiger charge is -2.27. The molecular weight excluding hydrogens is 232 g/mol. The second-order valence-electron chi connectivity index (χ2n) is 5.46. The van der Waals surface area contributed by atoms with Gasteiger partial charge in [-0.25, -0.2) is 0 Å². The van der Waals surface area contributed by atoms with Crippen LogP contribution in [0.15, 0.2) is 0 Å². The van der Waals surface area contributed by atoms with E-state index in [1.807, 2.05) is 0 Å². The normalized spacial score (nSPS) is 32.1. The van der Waals surface area contributed by atoms with E-state index in [4.69, 9.17) is 5.11 Å². The number of hydrogen-bond donors (Lipinski definition) is 3. The smallest absolute Gasteiger partial charge is 0.306 e. The van der Waals surface area contributed by atoms with E-state index in [1.54, 1.807) is 0 Å². The summed E-state index contributed by atoms with van der Waals surface area (Å²) in [5.41, 5.74) is 0. The Morgan fingerprint density at radius 3 is 2.72 bits per heavy atom. The fraction of sp³-hybridized carbons (Fsp3) is 0.846. The fourth-order valence-electron chi connectivity index (χ4n) is 2.99. The molecule has 5 heteroatoms. The average molecular weight is 254 g/mol. The highest BCUT2D eigenvalue weighted by atomic mass is 16.4. The van der Waals surface area contributed by atoms with Crippen molar-refractivity contribution in [3.63, 3.8) is 0 Å². The SMILES string of the molecule is O=C(CC1CCCN1)NC1CCCC(C(=O)O)C1. The molecule has 102 valence electrons. The summed E-state index contributed by atoms with van der Waals surface area (Å²) >= 11 is 0. The summed E-state index contributed by atoms with van der Waals surface area (Å²) in [7, 11) is 0. The van der Waals surface area contributed by atoms with E-state index in [1.165, 1.54) is 0 Å². The summed E-state index contributed by atoms with van der Waals surface area (Å²) in [5, 5.41) is 15.3. The van der Waals surface area contributed by atoms with Crippen LogP contribution in [-0.2, 0) is 9.59 Å². The van der Waals surface area contributed by atoms with Gasteiger partial charge in [0.1, 0.15) is 0 Å². The summed E-state index contributed by atoms with van der Waals surface area (Å²) in [5.74, 6) is -0.953. The second-order valence-corrected chi connectivity index (χ2v) is 5.46. The number of aliphatic carboxylic acids is 1. The quantitative estimate of drug-likeness (QED) is 0.696. The maximum absolute atomic E-state index is 11.8. The number of rotatable bonds is 4. The van der Waals surface area contributed by atoms with Gasteiger partial charge in [0.15, 0.2) is 0 Å². The van der Waals surface area contributed by atoms with Gasteiger partial charge in [-0.05, 0) is 38.6 Å². The van der Waals surface area contributed by atoms with Crippen molar-refractivity contribution in [3.8, 4) is 0 Å². The third kappa shape index (κ3) is 3.70. The summed E-state index contributed by atoms with van der Waals surface area (Å²) in [6.45, 7) is 1.00. The first-order valence-corrected chi connectivity index (χ1v) is 6.90. The molecule has 0 aromatic rings. The van der Waals surface area contributed by atoms with Gasteiger partial charge in [0.2, 0.25) is 5.91 Å². The van der Waals surface area contributed by atoms with Crippen molar-refractivity contribution in [1.29, 1.82) is 0 Å². The van der Waals surface area contributed by atoms with Crippen LogP contribution in [0.25, 0.3) is 0 Å². The predicted octanol–water partition coefficient (Wildman–Crippen LogP) is 0.888. The van der Waals surface area contributed by atoms with Crippen molar-refractivity contribution < 1.29 is 14.7 Å². The van der Waals surface area contributed by atoms with Crippen molar-refractivity contribution in [3.05, 3.63) is 0 Å². The molecule has 2 aliphatic rings. The van der Waals surface area contributed by atoms with E-state index >= 15 is 0 Å². The number of hydrogen-bond acceptors (Lipinski definition) is 3. The van der Waals surface area contributed by atoms with Crippen LogP contribution >= 0.6 is 0 Å². The molecule has 0 aromatic heterocycles. The Morgan fingerprint density at radius 1 is 1.22 bits per heavy atom. The highest BCUT2D eigenvalue weighted by Gasteiger charge is 2.28. The van der Waals surface area contributed by atoms with Crippen LogP contribution in [-0.4, -0.2) is 35.6 Å². The molecule has 0 radical (unpaired) electrons. The third-order valence-corrected chi connectivity index (χ3v) is 3.98. The molecule has 3 unspecified atom stereocenters. The first-order valence-electron chi connectivity index (χ1n) is 6.90. The summed E-state index contributed by atoms with van der Waals surface area (Å²) < 4.78 is 0. The lowest BCUT2D eigenvalue weighted by molar-refractivity contribution is -0.143. The van der Waals surface area contributed by atoms with Crippen molar-refractivity contribution in [2.45, 2.75) is 57.0 Å². The summed E-state index contributed by atoms with van der Waals surface area (Å²) in [6, 6.07) is 0.359. The largest absolute Gasteiger partial charge is 0.481 e. The second kappa shape index (κ2) is 6.18. The number of carbonyl (C=O) groups is 2. The molecule has 2 rings (SSSR count). The van der Waals surface area contributed by atoms with Crippen LogP contribution in [0.1, 0.15) is 44.9 Å². The molecule has 18 heavy (non-hydrogen) atoms. The maximum atomic E-state index is 11.8. The van der Waals surface area contributed by atoms with Gasteiger partial charge in [0.05, 0.1) is 5.92 Å². The maximum Gasteiger partial charge on any atom is 0.306 e. The van der Waals surface area contributed by atoms with E-state index in [0.29, 0.717) is 18.9 Å². The van der Waals surface area contributed by atoms with Crippen LogP contribution in [0.2, 0.25) is 0 Å². The van der Waals surface area contributed by atoms with Crippen molar-refractivity contribution in [2.75, 3.05) is 6.54 Å². The van der Waals surface area contributed by atoms with Crippen molar-refractivity contribution in [1.82, 2.24) is 10.6 Å². The Labute approximate surface area is 107 Å². The van der Waals surface area contributed by atoms with Gasteiger partial charge in [-0.15, -0.1) is 0 Å². The molecule has 0 aromatic carbocycles. The molecule has 1 aliphatic carbocycles. The van der Waals surface area contributed by atoms with Gasteiger partial charge in [-0.1, -0.05) is 6.42 Å². The summed E-state index contributed by atoms with van der Waals surface area (Å²) in [4.78, 5) is 22.8. The Hall–Kier alpha value is -1.10. The van der Waals surface area contributed by atoms with Crippen LogP contribution in [0.4, 0.5) is 0 Å². The van der Waals surface area contributed by atoms with Gasteiger partial charge in [0, 0.05) is 18.5 Å². The number of carbonyl (C=O) groups excluding carboxylic acids is 1. The van der Waals surface area contributed by atoms with E-state index in [-0.39, 0.29) is 17.9 Å².